The number of amides is 1. The average molecular weight is 305 g/mol. The summed E-state index contributed by atoms with van der Waals surface area (Å²) >= 11 is 0. The highest BCUT2D eigenvalue weighted by atomic mass is 16.6. The molecule has 2 rings (SSSR count). The zero-order chi connectivity index (χ0) is 16.5. The van der Waals surface area contributed by atoms with E-state index < -0.39 is 11.0 Å². The highest BCUT2D eigenvalue weighted by molar-refractivity contribution is 5.91. The number of nitrogens with zero attached hydrogens (tertiary/aromatic N) is 1. The van der Waals surface area contributed by atoms with Gasteiger partial charge in [-0.1, -0.05) is 25.1 Å². The fourth-order valence-corrected chi connectivity index (χ4v) is 2.60. The second kappa shape index (κ2) is 5.63. The van der Waals surface area contributed by atoms with Gasteiger partial charge in [-0.3, -0.25) is 9.69 Å². The van der Waals surface area contributed by atoms with E-state index in [0.717, 1.165) is 11.3 Å². The molecule has 22 heavy (non-hydrogen) atoms. The molecule has 1 unspecified atom stereocenters. The first-order chi connectivity index (χ1) is 10.1. The third kappa shape index (κ3) is 3.40. The zero-order valence-corrected chi connectivity index (χ0v) is 13.8. The summed E-state index contributed by atoms with van der Waals surface area (Å²) in [6, 6.07) is 7.65. The van der Waals surface area contributed by atoms with E-state index in [1.54, 1.807) is 4.90 Å². The first-order valence-corrected chi connectivity index (χ1v) is 7.36. The van der Waals surface area contributed by atoms with Crippen LogP contribution < -0.4 is 4.90 Å². The lowest BCUT2D eigenvalue weighted by Gasteiger charge is -2.27. The normalized spacial score (nSPS) is 20.5. The lowest BCUT2D eigenvalue weighted by Crippen LogP contribution is -2.41. The maximum absolute atomic E-state index is 12.4. The van der Waals surface area contributed by atoms with Gasteiger partial charge in [-0.05, 0) is 32.4 Å². The highest BCUT2D eigenvalue weighted by Gasteiger charge is 2.43. The number of para-hydroxylation sites is 1. The number of hydrogen-bond donors (Lipinski definition) is 0. The smallest absolute Gasteiger partial charge is 0.414 e. The second-order valence-electron chi connectivity index (χ2n) is 6.92. The van der Waals surface area contributed by atoms with Gasteiger partial charge in [0.05, 0.1) is 5.69 Å². The van der Waals surface area contributed by atoms with Gasteiger partial charge in [0.25, 0.3) is 0 Å². The molecular weight excluding hydrogens is 282 g/mol. The topological polar surface area (TPSA) is 55.8 Å². The Morgan fingerprint density at radius 1 is 1.27 bits per heavy atom. The van der Waals surface area contributed by atoms with Crippen LogP contribution in [0.1, 0.15) is 40.2 Å². The predicted octanol–water partition coefficient (Wildman–Crippen LogP) is 3.26. The summed E-state index contributed by atoms with van der Waals surface area (Å²) in [7, 11) is 0. The molecule has 1 aliphatic rings. The van der Waals surface area contributed by atoms with Crippen LogP contribution in [0.4, 0.5) is 10.5 Å². The van der Waals surface area contributed by atoms with Crippen molar-refractivity contribution in [1.29, 1.82) is 0 Å². The molecule has 1 atom stereocenters. The van der Waals surface area contributed by atoms with Crippen molar-refractivity contribution in [3.8, 4) is 0 Å². The Balaban J connectivity index is 2.29. The molecule has 5 heteroatoms. The minimum absolute atomic E-state index is 0.235. The molecule has 0 saturated carbocycles. The molecule has 1 aliphatic heterocycles. The molecule has 1 heterocycles. The summed E-state index contributed by atoms with van der Waals surface area (Å²) in [4.78, 5) is 25.2. The van der Waals surface area contributed by atoms with E-state index in [1.165, 1.54) is 6.92 Å². The Labute approximate surface area is 131 Å². The number of ether oxygens (including phenoxy) is 2. The van der Waals surface area contributed by atoms with Crippen LogP contribution in [0.2, 0.25) is 0 Å². The van der Waals surface area contributed by atoms with Crippen LogP contribution in [-0.2, 0) is 19.7 Å². The lowest BCUT2D eigenvalue weighted by molar-refractivity contribution is -0.142. The monoisotopic (exact) mass is 305 g/mol. The fraction of sp³-hybridized carbons (Fsp3) is 0.529. The summed E-state index contributed by atoms with van der Waals surface area (Å²) in [6.07, 6.45) is -0.383. The van der Waals surface area contributed by atoms with Crippen LogP contribution >= 0.6 is 0 Å². The molecular formula is C17H23NO4. The van der Waals surface area contributed by atoms with Crippen molar-refractivity contribution in [3.63, 3.8) is 0 Å². The fourth-order valence-electron chi connectivity index (χ4n) is 2.60. The largest absolute Gasteiger partial charge is 0.465 e. The van der Waals surface area contributed by atoms with E-state index in [1.807, 2.05) is 52.0 Å². The number of rotatable bonds is 2. The molecule has 0 radical (unpaired) electrons. The number of carbonyl (C=O) groups is 2. The summed E-state index contributed by atoms with van der Waals surface area (Å²) in [5.74, 6) is -0.325. The third-order valence-corrected chi connectivity index (χ3v) is 3.56. The average Bonchev–Trinajstić information content (AvgIpc) is 2.70. The van der Waals surface area contributed by atoms with Gasteiger partial charge >= 0.3 is 12.1 Å². The van der Waals surface area contributed by atoms with Crippen molar-refractivity contribution < 1.29 is 19.1 Å². The van der Waals surface area contributed by atoms with E-state index in [4.69, 9.17) is 9.47 Å². The maximum Gasteiger partial charge on any atom is 0.414 e. The molecule has 0 bridgehead atoms. The van der Waals surface area contributed by atoms with Crippen LogP contribution in [0.3, 0.4) is 0 Å². The SMILES string of the molecule is CC(=O)OCC1(C)CN(C(=O)OC(C)(C)C)c2ccccc21. The Morgan fingerprint density at radius 2 is 1.91 bits per heavy atom. The van der Waals surface area contributed by atoms with Gasteiger partial charge in [-0.2, -0.15) is 0 Å². The third-order valence-electron chi connectivity index (χ3n) is 3.56. The lowest BCUT2D eigenvalue weighted by atomic mass is 9.85. The molecule has 0 spiro atoms. The van der Waals surface area contributed by atoms with Gasteiger partial charge in [0, 0.05) is 18.9 Å². The number of carbonyl (C=O) groups excluding carboxylic acids is 2. The Kier molecular flexibility index (Phi) is 4.18. The first kappa shape index (κ1) is 16.3. The second-order valence-corrected chi connectivity index (χ2v) is 6.92. The van der Waals surface area contributed by atoms with Gasteiger partial charge in [-0.15, -0.1) is 0 Å². The van der Waals surface area contributed by atoms with E-state index in [9.17, 15) is 9.59 Å². The van der Waals surface area contributed by atoms with Gasteiger partial charge in [-0.25, -0.2) is 4.79 Å². The molecule has 1 amide bonds. The Morgan fingerprint density at radius 3 is 2.50 bits per heavy atom. The molecule has 1 aromatic carbocycles. The molecule has 0 fully saturated rings. The summed E-state index contributed by atoms with van der Waals surface area (Å²) in [6.45, 7) is 9.54. The number of anilines is 1. The number of hydrogen-bond acceptors (Lipinski definition) is 4. The quantitative estimate of drug-likeness (QED) is 0.787. The van der Waals surface area contributed by atoms with E-state index in [0.29, 0.717) is 6.54 Å². The first-order valence-electron chi connectivity index (χ1n) is 7.36. The number of fused-ring (bicyclic) bond motifs is 1. The van der Waals surface area contributed by atoms with Crippen molar-refractivity contribution in [2.45, 2.75) is 45.6 Å². The summed E-state index contributed by atoms with van der Waals surface area (Å²) in [5.41, 5.74) is 0.814. The van der Waals surface area contributed by atoms with Gasteiger partial charge in [0.15, 0.2) is 0 Å². The zero-order valence-electron chi connectivity index (χ0n) is 13.8. The molecule has 0 aromatic heterocycles. The molecule has 5 nitrogen and oxygen atoms in total. The van der Waals surface area contributed by atoms with E-state index in [-0.39, 0.29) is 18.7 Å². The van der Waals surface area contributed by atoms with Crippen molar-refractivity contribution >= 4 is 17.7 Å². The number of esters is 1. The van der Waals surface area contributed by atoms with Crippen molar-refractivity contribution in [1.82, 2.24) is 0 Å². The summed E-state index contributed by atoms with van der Waals surface area (Å²) < 4.78 is 10.7. The molecule has 0 saturated heterocycles. The van der Waals surface area contributed by atoms with E-state index >= 15 is 0 Å². The van der Waals surface area contributed by atoms with Crippen molar-refractivity contribution in [2.75, 3.05) is 18.1 Å². The van der Waals surface area contributed by atoms with Gasteiger partial charge < -0.3 is 9.47 Å². The predicted molar refractivity (Wildman–Crippen MR) is 84.0 cm³/mol. The summed E-state index contributed by atoms with van der Waals surface area (Å²) in [5, 5.41) is 0. The van der Waals surface area contributed by atoms with Crippen LogP contribution in [0.25, 0.3) is 0 Å². The van der Waals surface area contributed by atoms with Crippen LogP contribution in [0.15, 0.2) is 24.3 Å². The minimum atomic E-state index is -0.555. The van der Waals surface area contributed by atoms with Gasteiger partial charge in [0.1, 0.15) is 12.2 Å². The highest BCUT2D eigenvalue weighted by Crippen LogP contribution is 2.41. The molecule has 0 aliphatic carbocycles. The standard InChI is InChI=1S/C17H23NO4/c1-12(19)21-11-17(5)10-18(15(20)22-16(2,3)4)14-9-7-6-8-13(14)17/h6-9H,10-11H2,1-5H3. The molecule has 120 valence electrons. The van der Waals surface area contributed by atoms with Gasteiger partial charge in [0.2, 0.25) is 0 Å². The van der Waals surface area contributed by atoms with Crippen molar-refractivity contribution in [3.05, 3.63) is 29.8 Å². The Bertz CT molecular complexity index is 591. The van der Waals surface area contributed by atoms with Crippen molar-refractivity contribution in [2.24, 2.45) is 0 Å². The molecule has 1 aromatic rings. The maximum atomic E-state index is 12.4. The number of benzene rings is 1. The molecule has 0 N–H and O–H groups in total. The van der Waals surface area contributed by atoms with Crippen LogP contribution in [0.5, 0.6) is 0 Å². The van der Waals surface area contributed by atoms with E-state index in [2.05, 4.69) is 0 Å². The van der Waals surface area contributed by atoms with Crippen LogP contribution in [-0.4, -0.2) is 30.8 Å². The van der Waals surface area contributed by atoms with Crippen LogP contribution in [0, 0.1) is 0 Å². The Hall–Kier alpha value is -2.04. The minimum Gasteiger partial charge on any atom is -0.465 e.